The maximum atomic E-state index is 12.6. The number of carboxylic acids is 1. The van der Waals surface area contributed by atoms with E-state index in [0.29, 0.717) is 5.56 Å². The number of benzene rings is 1. The van der Waals surface area contributed by atoms with Crippen LogP contribution in [-0.2, 0) is 25.5 Å². The van der Waals surface area contributed by atoms with Gasteiger partial charge < -0.3 is 15.2 Å². The van der Waals surface area contributed by atoms with Gasteiger partial charge in [-0.05, 0) is 5.56 Å². The first-order chi connectivity index (χ1) is 10.6. The van der Waals surface area contributed by atoms with Crippen molar-refractivity contribution in [2.24, 2.45) is 0 Å². The van der Waals surface area contributed by atoms with E-state index >= 15 is 0 Å². The van der Waals surface area contributed by atoms with E-state index in [-0.39, 0.29) is 6.42 Å². The average molecular weight is 333 g/mol. The molecule has 1 amide bonds. The molecule has 23 heavy (non-hydrogen) atoms. The summed E-state index contributed by atoms with van der Waals surface area (Å²) < 4.78 is 42.4. The molecule has 0 aliphatic rings. The van der Waals surface area contributed by atoms with E-state index in [9.17, 15) is 27.6 Å². The number of carboxylic acid groups (broad SMARTS) is 1. The second-order valence-corrected chi connectivity index (χ2v) is 4.61. The molecular formula is C14H14F3NO5. The number of ether oxygens (including phenoxy) is 1. The Labute approximate surface area is 129 Å². The Morgan fingerprint density at radius 1 is 1.22 bits per heavy atom. The second-order valence-electron chi connectivity index (χ2n) is 4.61. The molecule has 0 aromatic heterocycles. The number of rotatable bonds is 6. The van der Waals surface area contributed by atoms with Gasteiger partial charge in [0.2, 0.25) is 6.04 Å². The van der Waals surface area contributed by atoms with Crippen molar-refractivity contribution in [3.05, 3.63) is 35.9 Å². The van der Waals surface area contributed by atoms with Crippen LogP contribution in [0.3, 0.4) is 0 Å². The first-order valence-electron chi connectivity index (χ1n) is 6.42. The van der Waals surface area contributed by atoms with Gasteiger partial charge in [0.05, 0.1) is 0 Å². The molecule has 1 aromatic carbocycles. The molecule has 9 heteroatoms. The highest BCUT2D eigenvalue weighted by molar-refractivity contribution is 5.88. The number of alkyl halides is 3. The summed E-state index contributed by atoms with van der Waals surface area (Å²) in [5, 5.41) is 9.91. The summed E-state index contributed by atoms with van der Waals surface area (Å²) in [6.07, 6.45) is -6.93. The van der Waals surface area contributed by atoms with E-state index in [2.05, 4.69) is 0 Å². The number of carbonyl (C=O) groups excluding carboxylic acids is 2. The Balaban J connectivity index is 2.91. The number of aliphatic carboxylic acids is 1. The smallest absolute Gasteiger partial charge is 0.419 e. The topological polar surface area (TPSA) is 92.7 Å². The van der Waals surface area contributed by atoms with Gasteiger partial charge in [0.15, 0.2) is 6.10 Å². The predicted octanol–water partition coefficient (Wildman–Crippen LogP) is 1.29. The monoisotopic (exact) mass is 333 g/mol. The molecule has 0 aliphatic carbocycles. The van der Waals surface area contributed by atoms with Gasteiger partial charge in [0.1, 0.15) is 0 Å². The molecule has 2 atom stereocenters. The number of amides is 1. The molecule has 0 saturated carbocycles. The fourth-order valence-corrected chi connectivity index (χ4v) is 1.74. The van der Waals surface area contributed by atoms with Crippen LogP contribution in [0.5, 0.6) is 0 Å². The molecule has 0 radical (unpaired) electrons. The van der Waals surface area contributed by atoms with Crippen molar-refractivity contribution < 1.29 is 37.4 Å². The van der Waals surface area contributed by atoms with Gasteiger partial charge in [0.25, 0.3) is 5.91 Å². The van der Waals surface area contributed by atoms with Crippen LogP contribution in [0.1, 0.15) is 12.5 Å². The zero-order valence-corrected chi connectivity index (χ0v) is 12.0. The van der Waals surface area contributed by atoms with Crippen molar-refractivity contribution >= 4 is 17.8 Å². The molecule has 0 aliphatic heterocycles. The van der Waals surface area contributed by atoms with Crippen molar-refractivity contribution in [3.8, 4) is 0 Å². The van der Waals surface area contributed by atoms with Crippen molar-refractivity contribution in [1.82, 2.24) is 5.32 Å². The van der Waals surface area contributed by atoms with Crippen LogP contribution in [0, 0.1) is 0 Å². The van der Waals surface area contributed by atoms with Crippen LogP contribution in [-0.4, -0.2) is 41.3 Å². The largest absolute Gasteiger partial charge is 0.479 e. The van der Waals surface area contributed by atoms with E-state index in [1.54, 1.807) is 30.3 Å². The van der Waals surface area contributed by atoms with E-state index in [0.717, 1.165) is 6.92 Å². The number of halogens is 3. The summed E-state index contributed by atoms with van der Waals surface area (Å²) in [7, 11) is 0. The lowest BCUT2D eigenvalue weighted by Gasteiger charge is -2.21. The number of carbonyl (C=O) groups is 3. The molecule has 6 nitrogen and oxygen atoms in total. The van der Waals surface area contributed by atoms with Crippen molar-refractivity contribution in [1.29, 1.82) is 0 Å². The average Bonchev–Trinajstić information content (AvgIpc) is 2.42. The first kappa shape index (κ1) is 18.5. The third-order valence-corrected chi connectivity index (χ3v) is 2.73. The van der Waals surface area contributed by atoms with Gasteiger partial charge in [-0.1, -0.05) is 30.3 Å². The fourth-order valence-electron chi connectivity index (χ4n) is 1.74. The standard InChI is InChI=1S/C14H14F3NO5/c1-8(19)23-10(7-9-5-3-2-4-6-9)12(20)18-11(13(21)22)14(15,16)17/h2-6,10-11H,7H2,1H3,(H,18,20)(H,21,22)/t10-,11-/m1/s1. The van der Waals surface area contributed by atoms with Crippen molar-refractivity contribution in [3.63, 3.8) is 0 Å². The molecule has 0 spiro atoms. The van der Waals surface area contributed by atoms with Gasteiger partial charge in [-0.25, -0.2) is 4.79 Å². The third-order valence-electron chi connectivity index (χ3n) is 2.73. The molecule has 126 valence electrons. The second kappa shape index (κ2) is 7.61. The quantitative estimate of drug-likeness (QED) is 0.766. The highest BCUT2D eigenvalue weighted by Crippen LogP contribution is 2.20. The zero-order valence-electron chi connectivity index (χ0n) is 12.0. The summed E-state index contributed by atoms with van der Waals surface area (Å²) in [5.74, 6) is -4.47. The van der Waals surface area contributed by atoms with E-state index in [1.165, 1.54) is 5.32 Å². The lowest BCUT2D eigenvalue weighted by Crippen LogP contribution is -2.54. The Kier molecular flexibility index (Phi) is 6.11. The van der Waals surface area contributed by atoms with Crippen LogP contribution in [0.15, 0.2) is 30.3 Å². The summed E-state index contributed by atoms with van der Waals surface area (Å²) >= 11 is 0. The highest BCUT2D eigenvalue weighted by Gasteiger charge is 2.47. The van der Waals surface area contributed by atoms with Gasteiger partial charge in [-0.15, -0.1) is 0 Å². The fraction of sp³-hybridized carbons (Fsp3) is 0.357. The lowest BCUT2D eigenvalue weighted by atomic mass is 10.1. The molecule has 0 saturated heterocycles. The SMILES string of the molecule is CC(=O)O[C@H](Cc1ccccc1)C(=O)N[C@H](C(=O)O)C(F)(F)F. The molecule has 0 unspecified atom stereocenters. The number of hydrogen-bond acceptors (Lipinski definition) is 4. The normalized spacial score (nSPS) is 13.7. The molecule has 0 heterocycles. The van der Waals surface area contributed by atoms with E-state index < -0.39 is 36.2 Å². The highest BCUT2D eigenvalue weighted by atomic mass is 19.4. The van der Waals surface area contributed by atoms with Gasteiger partial charge >= 0.3 is 18.1 Å². The van der Waals surface area contributed by atoms with Gasteiger partial charge in [-0.2, -0.15) is 13.2 Å². The number of esters is 1. The summed E-state index contributed by atoms with van der Waals surface area (Å²) in [6.45, 7) is 0.990. The maximum Gasteiger partial charge on any atom is 0.419 e. The minimum absolute atomic E-state index is 0.184. The Hall–Kier alpha value is -2.58. The lowest BCUT2D eigenvalue weighted by molar-refractivity contribution is -0.183. The van der Waals surface area contributed by atoms with E-state index in [1.807, 2.05) is 0 Å². The van der Waals surface area contributed by atoms with Crippen LogP contribution in [0.4, 0.5) is 13.2 Å². The van der Waals surface area contributed by atoms with Gasteiger partial charge in [0, 0.05) is 13.3 Å². The summed E-state index contributed by atoms with van der Waals surface area (Å²) in [6, 6.07) is 5.05. The molecular weight excluding hydrogens is 319 g/mol. The number of nitrogens with one attached hydrogen (secondary N) is 1. The van der Waals surface area contributed by atoms with Crippen LogP contribution >= 0.6 is 0 Å². The van der Waals surface area contributed by atoms with Crippen molar-refractivity contribution in [2.45, 2.75) is 31.7 Å². The van der Waals surface area contributed by atoms with E-state index in [4.69, 9.17) is 9.84 Å². The minimum atomic E-state index is -5.17. The molecule has 0 bridgehead atoms. The van der Waals surface area contributed by atoms with Gasteiger partial charge in [-0.3, -0.25) is 9.59 Å². The minimum Gasteiger partial charge on any atom is -0.479 e. The molecule has 2 N–H and O–H groups in total. The Morgan fingerprint density at radius 3 is 2.22 bits per heavy atom. The molecule has 0 fully saturated rings. The number of hydrogen-bond donors (Lipinski definition) is 2. The molecule has 1 rings (SSSR count). The first-order valence-corrected chi connectivity index (χ1v) is 6.42. The van der Waals surface area contributed by atoms with Crippen LogP contribution in [0.25, 0.3) is 0 Å². The third kappa shape index (κ3) is 5.97. The zero-order chi connectivity index (χ0) is 17.6. The predicted molar refractivity (Wildman–Crippen MR) is 71.3 cm³/mol. The maximum absolute atomic E-state index is 12.6. The summed E-state index contributed by atoms with van der Waals surface area (Å²) in [5.41, 5.74) is 0.535. The Bertz CT molecular complexity index is 574. The van der Waals surface area contributed by atoms with Crippen LogP contribution < -0.4 is 5.32 Å². The Morgan fingerprint density at radius 2 is 1.78 bits per heavy atom. The van der Waals surface area contributed by atoms with Crippen LogP contribution in [0.2, 0.25) is 0 Å². The molecule has 1 aromatic rings. The summed E-state index contributed by atoms with van der Waals surface area (Å²) in [4.78, 5) is 33.6. The van der Waals surface area contributed by atoms with Crippen molar-refractivity contribution in [2.75, 3.05) is 0 Å².